The van der Waals surface area contributed by atoms with Crippen LogP contribution in [-0.4, -0.2) is 22.6 Å². The van der Waals surface area contributed by atoms with Crippen LogP contribution in [0.4, 0.5) is 5.69 Å². The number of ether oxygens (including phenoxy) is 1. The molecule has 16 heavy (non-hydrogen) atoms. The lowest BCUT2D eigenvalue weighted by molar-refractivity contribution is -0.385. The van der Waals surface area contributed by atoms with Gasteiger partial charge in [-0.15, -0.1) is 0 Å². The molecular weight excluding hydrogens is 214 g/mol. The van der Waals surface area contributed by atoms with E-state index in [1.807, 2.05) is 0 Å². The fourth-order valence-corrected chi connectivity index (χ4v) is 1.07. The first-order valence-corrected chi connectivity index (χ1v) is 4.39. The van der Waals surface area contributed by atoms with E-state index in [-0.39, 0.29) is 23.9 Å². The molecule has 0 atom stereocenters. The quantitative estimate of drug-likeness (QED) is 0.261. The largest absolute Gasteiger partial charge is 0.479 e. The average Bonchev–Trinajstić information content (AvgIpc) is 2.26. The number of nitro groups is 1. The van der Waals surface area contributed by atoms with E-state index in [0.717, 1.165) is 5.56 Å². The summed E-state index contributed by atoms with van der Waals surface area (Å²) in [4.78, 5) is 10.2. The highest BCUT2D eigenvalue weighted by Gasteiger charge is 2.15. The first kappa shape index (κ1) is 11.8. The Labute approximate surface area is 91.3 Å². The molecule has 0 aromatic heterocycles. The molecule has 1 rings (SSSR count). The summed E-state index contributed by atoms with van der Waals surface area (Å²) < 4.78 is 5.05. The topological polar surface area (TPSA) is 111 Å². The molecule has 7 heteroatoms. The van der Waals surface area contributed by atoms with Crippen LogP contribution in [-0.2, 0) is 0 Å². The second kappa shape index (κ2) is 4.96. The van der Waals surface area contributed by atoms with Crippen LogP contribution in [0.25, 0.3) is 0 Å². The Bertz CT molecular complexity index is 431. The number of aryl methyl sites for hydroxylation is 1. The maximum atomic E-state index is 10.7. The van der Waals surface area contributed by atoms with Crippen molar-refractivity contribution < 1.29 is 14.9 Å². The van der Waals surface area contributed by atoms with Crippen LogP contribution < -0.4 is 10.5 Å². The number of hydrogen-bond acceptors (Lipinski definition) is 5. The standard InChI is InChI=1S/C9H11N3O4/c1-6-2-3-8(7(4-6)12(14)15)16-5-9(10)11-13/h2-4,13H,5H2,1H3,(H2,10,11). The average molecular weight is 225 g/mol. The summed E-state index contributed by atoms with van der Waals surface area (Å²) in [6.45, 7) is 1.53. The van der Waals surface area contributed by atoms with E-state index in [2.05, 4.69) is 5.16 Å². The van der Waals surface area contributed by atoms with E-state index >= 15 is 0 Å². The molecule has 0 saturated carbocycles. The van der Waals surface area contributed by atoms with Gasteiger partial charge in [0.25, 0.3) is 0 Å². The van der Waals surface area contributed by atoms with Crippen LogP contribution in [0, 0.1) is 17.0 Å². The third-order valence-electron chi connectivity index (χ3n) is 1.82. The fraction of sp³-hybridized carbons (Fsp3) is 0.222. The van der Waals surface area contributed by atoms with Crippen molar-refractivity contribution in [3.8, 4) is 5.75 Å². The highest BCUT2D eigenvalue weighted by Crippen LogP contribution is 2.27. The number of oxime groups is 1. The minimum absolute atomic E-state index is 0.0854. The van der Waals surface area contributed by atoms with Gasteiger partial charge in [0.1, 0.15) is 6.61 Å². The predicted molar refractivity (Wildman–Crippen MR) is 56.7 cm³/mol. The third kappa shape index (κ3) is 2.84. The summed E-state index contributed by atoms with van der Waals surface area (Å²) in [5, 5.41) is 21.7. The second-order valence-electron chi connectivity index (χ2n) is 3.11. The van der Waals surface area contributed by atoms with Crippen LogP contribution >= 0.6 is 0 Å². The highest BCUT2D eigenvalue weighted by atomic mass is 16.6. The van der Waals surface area contributed by atoms with E-state index in [1.54, 1.807) is 13.0 Å². The van der Waals surface area contributed by atoms with Gasteiger partial charge in [-0.05, 0) is 18.6 Å². The number of rotatable bonds is 4. The summed E-state index contributed by atoms with van der Waals surface area (Å²) in [5.41, 5.74) is 5.79. The second-order valence-corrected chi connectivity index (χ2v) is 3.11. The van der Waals surface area contributed by atoms with Gasteiger partial charge in [0.15, 0.2) is 11.6 Å². The first-order chi connectivity index (χ1) is 7.54. The van der Waals surface area contributed by atoms with Gasteiger partial charge < -0.3 is 15.7 Å². The fourth-order valence-electron chi connectivity index (χ4n) is 1.07. The van der Waals surface area contributed by atoms with Gasteiger partial charge >= 0.3 is 5.69 Å². The molecule has 0 unspecified atom stereocenters. The van der Waals surface area contributed by atoms with Crippen molar-refractivity contribution in [1.82, 2.24) is 0 Å². The highest BCUT2D eigenvalue weighted by molar-refractivity contribution is 5.81. The van der Waals surface area contributed by atoms with Crippen LogP contribution in [0.5, 0.6) is 5.75 Å². The van der Waals surface area contributed by atoms with E-state index in [9.17, 15) is 10.1 Å². The Kier molecular flexibility index (Phi) is 3.65. The van der Waals surface area contributed by atoms with Crippen molar-refractivity contribution in [3.05, 3.63) is 33.9 Å². The zero-order chi connectivity index (χ0) is 12.1. The molecule has 86 valence electrons. The molecule has 0 amide bonds. The molecule has 0 aliphatic heterocycles. The van der Waals surface area contributed by atoms with Crippen molar-refractivity contribution >= 4 is 11.5 Å². The lowest BCUT2D eigenvalue weighted by Gasteiger charge is -2.05. The number of benzene rings is 1. The predicted octanol–water partition coefficient (Wildman–Crippen LogP) is 1.03. The molecule has 0 heterocycles. The monoisotopic (exact) mass is 225 g/mol. The lowest BCUT2D eigenvalue weighted by Crippen LogP contribution is -2.21. The molecular formula is C9H11N3O4. The van der Waals surface area contributed by atoms with Crippen molar-refractivity contribution in [2.45, 2.75) is 6.92 Å². The minimum Gasteiger partial charge on any atom is -0.479 e. The summed E-state index contributed by atoms with van der Waals surface area (Å²) in [6, 6.07) is 4.54. The minimum atomic E-state index is -0.547. The van der Waals surface area contributed by atoms with Crippen molar-refractivity contribution in [1.29, 1.82) is 0 Å². The summed E-state index contributed by atoms with van der Waals surface area (Å²) >= 11 is 0. The molecule has 0 spiro atoms. The van der Waals surface area contributed by atoms with Crippen molar-refractivity contribution in [2.24, 2.45) is 10.9 Å². The molecule has 3 N–H and O–H groups in total. The maximum Gasteiger partial charge on any atom is 0.311 e. The Balaban J connectivity index is 2.91. The molecule has 0 aliphatic carbocycles. The molecule has 1 aromatic rings. The van der Waals surface area contributed by atoms with Gasteiger partial charge in [0.2, 0.25) is 0 Å². The molecule has 7 nitrogen and oxygen atoms in total. The number of nitrogens with two attached hydrogens (primary N) is 1. The van der Waals surface area contributed by atoms with Crippen LogP contribution in [0.15, 0.2) is 23.4 Å². The van der Waals surface area contributed by atoms with E-state index in [0.29, 0.717) is 0 Å². The lowest BCUT2D eigenvalue weighted by atomic mass is 10.2. The van der Waals surface area contributed by atoms with Gasteiger partial charge in [-0.2, -0.15) is 0 Å². The van der Waals surface area contributed by atoms with E-state index in [1.165, 1.54) is 12.1 Å². The van der Waals surface area contributed by atoms with Gasteiger partial charge in [-0.1, -0.05) is 11.2 Å². The van der Waals surface area contributed by atoms with Gasteiger partial charge in [0.05, 0.1) is 4.92 Å². The summed E-state index contributed by atoms with van der Waals surface area (Å²) in [6.07, 6.45) is 0. The zero-order valence-electron chi connectivity index (χ0n) is 8.58. The molecule has 1 aromatic carbocycles. The van der Waals surface area contributed by atoms with Crippen LogP contribution in [0.1, 0.15) is 5.56 Å². The van der Waals surface area contributed by atoms with E-state index < -0.39 is 4.92 Å². The molecule has 0 bridgehead atoms. The van der Waals surface area contributed by atoms with Crippen molar-refractivity contribution in [2.75, 3.05) is 6.61 Å². The third-order valence-corrected chi connectivity index (χ3v) is 1.82. The number of nitro benzene ring substituents is 1. The van der Waals surface area contributed by atoms with Gasteiger partial charge in [-0.3, -0.25) is 10.1 Å². The van der Waals surface area contributed by atoms with Crippen molar-refractivity contribution in [3.63, 3.8) is 0 Å². The summed E-state index contributed by atoms with van der Waals surface area (Å²) in [7, 11) is 0. The SMILES string of the molecule is Cc1ccc(OCC(N)=NO)c([N+](=O)[O-])c1. The Morgan fingerprint density at radius 1 is 1.69 bits per heavy atom. The van der Waals surface area contributed by atoms with Gasteiger partial charge in [-0.25, -0.2) is 0 Å². The normalized spacial score (nSPS) is 11.2. The molecule has 0 radical (unpaired) electrons. The Morgan fingerprint density at radius 2 is 2.38 bits per heavy atom. The number of amidine groups is 1. The first-order valence-electron chi connectivity index (χ1n) is 4.39. The zero-order valence-corrected chi connectivity index (χ0v) is 8.58. The molecule has 0 fully saturated rings. The Morgan fingerprint density at radius 3 is 2.94 bits per heavy atom. The number of nitrogens with zero attached hydrogens (tertiary/aromatic N) is 2. The van der Waals surface area contributed by atoms with Crippen LogP contribution in [0.3, 0.4) is 0 Å². The smallest absolute Gasteiger partial charge is 0.311 e. The molecule has 0 saturated heterocycles. The molecule has 0 aliphatic rings. The number of hydrogen-bond donors (Lipinski definition) is 2. The summed E-state index contributed by atoms with van der Waals surface area (Å²) in [5.74, 6) is -0.0722. The maximum absolute atomic E-state index is 10.7. The van der Waals surface area contributed by atoms with Gasteiger partial charge in [0, 0.05) is 6.07 Å². The van der Waals surface area contributed by atoms with E-state index in [4.69, 9.17) is 15.7 Å². The van der Waals surface area contributed by atoms with Crippen LogP contribution in [0.2, 0.25) is 0 Å². The Hall–Kier alpha value is -2.31.